The van der Waals surface area contributed by atoms with E-state index in [2.05, 4.69) is 18.8 Å². The summed E-state index contributed by atoms with van der Waals surface area (Å²) in [7, 11) is 0. The Kier molecular flexibility index (Phi) is 5.27. The SMILES string of the molecule is C=CCNC(=O)c1ccc(O[C@@H](C)CC)cc1. The Morgan fingerprint density at radius 1 is 1.47 bits per heavy atom. The van der Waals surface area contributed by atoms with Crippen LogP contribution in [0.5, 0.6) is 5.75 Å². The van der Waals surface area contributed by atoms with E-state index in [1.807, 2.05) is 19.1 Å². The number of hydrogen-bond donors (Lipinski definition) is 1. The van der Waals surface area contributed by atoms with Crippen molar-refractivity contribution >= 4 is 5.91 Å². The van der Waals surface area contributed by atoms with Gasteiger partial charge in [-0.25, -0.2) is 0 Å². The molecule has 0 saturated carbocycles. The summed E-state index contributed by atoms with van der Waals surface area (Å²) >= 11 is 0. The molecule has 0 fully saturated rings. The molecule has 1 aromatic carbocycles. The average Bonchev–Trinajstić information content (AvgIpc) is 2.36. The maximum absolute atomic E-state index is 11.6. The number of rotatable bonds is 6. The molecule has 3 heteroatoms. The molecule has 0 aliphatic carbocycles. The van der Waals surface area contributed by atoms with E-state index in [1.165, 1.54) is 0 Å². The first-order valence-electron chi connectivity index (χ1n) is 5.83. The van der Waals surface area contributed by atoms with E-state index in [-0.39, 0.29) is 12.0 Å². The van der Waals surface area contributed by atoms with E-state index in [1.54, 1.807) is 18.2 Å². The number of benzene rings is 1. The summed E-state index contributed by atoms with van der Waals surface area (Å²) in [6.45, 7) is 8.11. The molecule has 0 unspecified atom stereocenters. The van der Waals surface area contributed by atoms with Crippen molar-refractivity contribution in [1.29, 1.82) is 0 Å². The van der Waals surface area contributed by atoms with E-state index < -0.39 is 0 Å². The Morgan fingerprint density at radius 3 is 2.65 bits per heavy atom. The molecule has 0 aromatic heterocycles. The number of carbonyl (C=O) groups excluding carboxylic acids is 1. The minimum atomic E-state index is -0.0972. The minimum absolute atomic E-state index is 0.0972. The van der Waals surface area contributed by atoms with Crippen molar-refractivity contribution in [3.63, 3.8) is 0 Å². The third-order valence-corrected chi connectivity index (χ3v) is 2.44. The Hall–Kier alpha value is -1.77. The van der Waals surface area contributed by atoms with Crippen LogP contribution in [0.2, 0.25) is 0 Å². The third-order valence-electron chi connectivity index (χ3n) is 2.44. The normalized spacial score (nSPS) is 11.6. The summed E-state index contributed by atoms with van der Waals surface area (Å²) in [6, 6.07) is 7.15. The summed E-state index contributed by atoms with van der Waals surface area (Å²) in [4.78, 5) is 11.6. The van der Waals surface area contributed by atoms with E-state index in [0.717, 1.165) is 12.2 Å². The van der Waals surface area contributed by atoms with Gasteiger partial charge in [0.1, 0.15) is 5.75 Å². The zero-order valence-corrected chi connectivity index (χ0v) is 10.4. The van der Waals surface area contributed by atoms with Crippen molar-refractivity contribution in [2.75, 3.05) is 6.54 Å². The standard InChI is InChI=1S/C14H19NO2/c1-4-10-15-14(16)12-6-8-13(9-7-12)17-11(3)5-2/h4,6-9,11H,1,5,10H2,2-3H3,(H,15,16)/t11-/m0/s1. The number of ether oxygens (including phenoxy) is 1. The predicted octanol–water partition coefficient (Wildman–Crippen LogP) is 2.78. The highest BCUT2D eigenvalue weighted by Gasteiger charge is 2.05. The Morgan fingerprint density at radius 2 is 2.12 bits per heavy atom. The molecule has 1 amide bonds. The Balaban J connectivity index is 2.61. The van der Waals surface area contributed by atoms with Crippen molar-refractivity contribution in [1.82, 2.24) is 5.32 Å². The van der Waals surface area contributed by atoms with Gasteiger partial charge in [0.05, 0.1) is 6.10 Å². The van der Waals surface area contributed by atoms with Gasteiger partial charge < -0.3 is 10.1 Å². The van der Waals surface area contributed by atoms with Crippen LogP contribution in [0.1, 0.15) is 30.6 Å². The lowest BCUT2D eigenvalue weighted by Crippen LogP contribution is -2.23. The first-order valence-corrected chi connectivity index (χ1v) is 5.83. The summed E-state index contributed by atoms with van der Waals surface area (Å²) in [5, 5.41) is 2.72. The van der Waals surface area contributed by atoms with Crippen LogP contribution in [0.25, 0.3) is 0 Å². The molecule has 0 spiro atoms. The second-order valence-electron chi connectivity index (χ2n) is 3.86. The number of nitrogens with one attached hydrogen (secondary N) is 1. The summed E-state index contributed by atoms with van der Waals surface area (Å²) in [5.41, 5.74) is 0.628. The fourth-order valence-electron chi connectivity index (χ4n) is 1.27. The van der Waals surface area contributed by atoms with E-state index in [4.69, 9.17) is 4.74 Å². The van der Waals surface area contributed by atoms with Gasteiger partial charge in [0.25, 0.3) is 5.91 Å². The highest BCUT2D eigenvalue weighted by molar-refractivity contribution is 5.94. The second-order valence-corrected chi connectivity index (χ2v) is 3.86. The third kappa shape index (κ3) is 4.31. The average molecular weight is 233 g/mol. The van der Waals surface area contributed by atoms with Crippen molar-refractivity contribution in [3.8, 4) is 5.75 Å². The monoisotopic (exact) mass is 233 g/mol. The lowest BCUT2D eigenvalue weighted by atomic mass is 10.2. The first-order chi connectivity index (χ1) is 8.17. The van der Waals surface area contributed by atoms with Crippen LogP contribution in [-0.2, 0) is 0 Å². The Labute approximate surface area is 102 Å². The molecule has 0 heterocycles. The van der Waals surface area contributed by atoms with Gasteiger partial charge >= 0.3 is 0 Å². The maximum atomic E-state index is 11.6. The van der Waals surface area contributed by atoms with Gasteiger partial charge in [-0.2, -0.15) is 0 Å². The van der Waals surface area contributed by atoms with Crippen LogP contribution in [0.15, 0.2) is 36.9 Å². The summed E-state index contributed by atoms with van der Waals surface area (Å²) in [6.07, 6.45) is 2.80. The lowest BCUT2D eigenvalue weighted by molar-refractivity contribution is 0.0958. The van der Waals surface area contributed by atoms with E-state index in [9.17, 15) is 4.79 Å². The summed E-state index contributed by atoms with van der Waals surface area (Å²) in [5.74, 6) is 0.694. The van der Waals surface area contributed by atoms with Gasteiger partial charge in [-0.1, -0.05) is 13.0 Å². The van der Waals surface area contributed by atoms with Crippen LogP contribution in [0.3, 0.4) is 0 Å². The predicted molar refractivity (Wildman–Crippen MR) is 69.4 cm³/mol. The molecular weight excluding hydrogens is 214 g/mol. The van der Waals surface area contributed by atoms with Gasteiger partial charge in [-0.05, 0) is 37.6 Å². The number of amides is 1. The van der Waals surface area contributed by atoms with E-state index >= 15 is 0 Å². The highest BCUT2D eigenvalue weighted by Crippen LogP contribution is 2.14. The fourth-order valence-corrected chi connectivity index (χ4v) is 1.27. The van der Waals surface area contributed by atoms with Crippen molar-refractivity contribution in [2.24, 2.45) is 0 Å². The second kappa shape index (κ2) is 6.74. The zero-order valence-electron chi connectivity index (χ0n) is 10.4. The molecule has 0 aliphatic heterocycles. The van der Waals surface area contributed by atoms with Gasteiger partial charge in [0.2, 0.25) is 0 Å². The number of carbonyl (C=O) groups is 1. The molecule has 92 valence electrons. The molecule has 1 rings (SSSR count). The van der Waals surface area contributed by atoms with Crippen LogP contribution in [-0.4, -0.2) is 18.6 Å². The smallest absolute Gasteiger partial charge is 0.251 e. The molecule has 0 radical (unpaired) electrons. The van der Waals surface area contributed by atoms with Crippen molar-refractivity contribution in [3.05, 3.63) is 42.5 Å². The maximum Gasteiger partial charge on any atom is 0.251 e. The molecule has 1 aromatic rings. The molecule has 3 nitrogen and oxygen atoms in total. The van der Waals surface area contributed by atoms with Crippen LogP contribution >= 0.6 is 0 Å². The lowest BCUT2D eigenvalue weighted by Gasteiger charge is -2.12. The molecule has 0 aliphatic rings. The van der Waals surface area contributed by atoms with Gasteiger partial charge in [-0.3, -0.25) is 4.79 Å². The van der Waals surface area contributed by atoms with Crippen LogP contribution in [0, 0.1) is 0 Å². The molecule has 17 heavy (non-hydrogen) atoms. The van der Waals surface area contributed by atoms with E-state index in [0.29, 0.717) is 12.1 Å². The molecule has 0 bridgehead atoms. The van der Waals surface area contributed by atoms with Gasteiger partial charge in [0.15, 0.2) is 0 Å². The topological polar surface area (TPSA) is 38.3 Å². The van der Waals surface area contributed by atoms with Gasteiger partial charge in [0, 0.05) is 12.1 Å². The van der Waals surface area contributed by atoms with Crippen molar-refractivity contribution in [2.45, 2.75) is 26.4 Å². The zero-order chi connectivity index (χ0) is 12.7. The molecular formula is C14H19NO2. The molecule has 1 atom stereocenters. The molecule has 0 saturated heterocycles. The Bertz CT molecular complexity index is 370. The fraction of sp³-hybridized carbons (Fsp3) is 0.357. The largest absolute Gasteiger partial charge is 0.491 e. The van der Waals surface area contributed by atoms with Crippen molar-refractivity contribution < 1.29 is 9.53 Å². The minimum Gasteiger partial charge on any atom is -0.491 e. The quantitative estimate of drug-likeness (QED) is 0.767. The number of hydrogen-bond acceptors (Lipinski definition) is 2. The summed E-state index contributed by atoms with van der Waals surface area (Å²) < 4.78 is 5.63. The van der Waals surface area contributed by atoms with Crippen LogP contribution in [0.4, 0.5) is 0 Å². The molecule has 1 N–H and O–H groups in total. The first kappa shape index (κ1) is 13.3. The van der Waals surface area contributed by atoms with Gasteiger partial charge in [-0.15, -0.1) is 6.58 Å². The highest BCUT2D eigenvalue weighted by atomic mass is 16.5. The van der Waals surface area contributed by atoms with Crippen LogP contribution < -0.4 is 10.1 Å².